The van der Waals surface area contributed by atoms with E-state index in [1.165, 1.54) is 12.1 Å². The zero-order valence-corrected chi connectivity index (χ0v) is 13.3. The second-order valence-corrected chi connectivity index (χ2v) is 5.77. The van der Waals surface area contributed by atoms with E-state index in [-0.39, 0.29) is 11.9 Å². The van der Waals surface area contributed by atoms with Gasteiger partial charge < -0.3 is 4.42 Å². The van der Waals surface area contributed by atoms with Gasteiger partial charge in [0, 0.05) is 10.0 Å². The standard InChI is InChI=1S/C15H18BrFN2O/c1-8-9(2)20-10(3)15(8)14(19-18)7-11-6-12(17)4-5-13(11)16/h4-6,14,19H,7,18H2,1-3H3. The van der Waals surface area contributed by atoms with Crippen LogP contribution in [0.3, 0.4) is 0 Å². The van der Waals surface area contributed by atoms with E-state index in [4.69, 9.17) is 10.3 Å². The van der Waals surface area contributed by atoms with E-state index < -0.39 is 0 Å². The molecule has 0 bridgehead atoms. The minimum Gasteiger partial charge on any atom is -0.466 e. The molecule has 5 heteroatoms. The summed E-state index contributed by atoms with van der Waals surface area (Å²) in [5.74, 6) is 7.16. The van der Waals surface area contributed by atoms with Crippen molar-refractivity contribution < 1.29 is 8.81 Å². The van der Waals surface area contributed by atoms with Crippen LogP contribution in [0.25, 0.3) is 0 Å². The van der Waals surface area contributed by atoms with Gasteiger partial charge in [-0.3, -0.25) is 11.3 Å². The Kier molecular flexibility index (Phi) is 4.62. The van der Waals surface area contributed by atoms with Crippen molar-refractivity contribution in [3.63, 3.8) is 0 Å². The highest BCUT2D eigenvalue weighted by atomic mass is 79.9. The van der Waals surface area contributed by atoms with Crippen molar-refractivity contribution in [1.82, 2.24) is 5.43 Å². The van der Waals surface area contributed by atoms with Gasteiger partial charge in [0.2, 0.25) is 0 Å². The first-order chi connectivity index (χ1) is 9.43. The molecule has 0 saturated heterocycles. The van der Waals surface area contributed by atoms with Gasteiger partial charge in [-0.25, -0.2) is 4.39 Å². The van der Waals surface area contributed by atoms with Gasteiger partial charge in [0.1, 0.15) is 17.3 Å². The van der Waals surface area contributed by atoms with Crippen molar-refractivity contribution in [3.05, 3.63) is 56.7 Å². The predicted molar refractivity (Wildman–Crippen MR) is 80.8 cm³/mol. The fraction of sp³-hybridized carbons (Fsp3) is 0.333. The third-order valence-corrected chi connectivity index (χ3v) is 4.37. The summed E-state index contributed by atoms with van der Waals surface area (Å²) in [6.45, 7) is 5.85. The number of halogens is 2. The van der Waals surface area contributed by atoms with Crippen LogP contribution in [0.5, 0.6) is 0 Å². The Bertz CT molecular complexity index is 625. The number of rotatable bonds is 4. The van der Waals surface area contributed by atoms with E-state index in [0.717, 1.165) is 32.7 Å². The van der Waals surface area contributed by atoms with Crippen LogP contribution in [0.4, 0.5) is 4.39 Å². The Hall–Kier alpha value is -1.17. The van der Waals surface area contributed by atoms with Crippen LogP contribution in [0.15, 0.2) is 27.1 Å². The lowest BCUT2D eigenvalue weighted by Crippen LogP contribution is -2.30. The third kappa shape index (κ3) is 2.95. The number of aryl methyl sites for hydroxylation is 2. The summed E-state index contributed by atoms with van der Waals surface area (Å²) < 4.78 is 19.9. The van der Waals surface area contributed by atoms with Crippen LogP contribution in [0.1, 0.15) is 34.3 Å². The molecule has 2 aromatic rings. The van der Waals surface area contributed by atoms with Gasteiger partial charge in [-0.1, -0.05) is 15.9 Å². The first-order valence-electron chi connectivity index (χ1n) is 6.40. The number of nitrogens with two attached hydrogens (primary N) is 1. The molecule has 0 radical (unpaired) electrons. The maximum atomic E-state index is 13.4. The highest BCUT2D eigenvalue weighted by molar-refractivity contribution is 9.10. The second-order valence-electron chi connectivity index (χ2n) is 4.91. The van der Waals surface area contributed by atoms with Crippen LogP contribution in [0.2, 0.25) is 0 Å². The SMILES string of the molecule is Cc1oc(C)c(C(Cc2cc(F)ccc2Br)NN)c1C. The summed E-state index contributed by atoms with van der Waals surface area (Å²) in [4.78, 5) is 0. The van der Waals surface area contributed by atoms with Crippen LogP contribution in [-0.4, -0.2) is 0 Å². The van der Waals surface area contributed by atoms with Gasteiger partial charge in [0.15, 0.2) is 0 Å². The maximum absolute atomic E-state index is 13.4. The van der Waals surface area contributed by atoms with Gasteiger partial charge in [-0.15, -0.1) is 0 Å². The molecule has 0 aliphatic carbocycles. The average molecular weight is 341 g/mol. The molecule has 0 amide bonds. The van der Waals surface area contributed by atoms with E-state index in [1.807, 2.05) is 20.8 Å². The summed E-state index contributed by atoms with van der Waals surface area (Å²) in [6.07, 6.45) is 0.579. The molecule has 1 unspecified atom stereocenters. The van der Waals surface area contributed by atoms with E-state index in [0.29, 0.717) is 6.42 Å². The highest BCUT2D eigenvalue weighted by Gasteiger charge is 2.21. The zero-order chi connectivity index (χ0) is 14.9. The van der Waals surface area contributed by atoms with Crippen LogP contribution >= 0.6 is 15.9 Å². The van der Waals surface area contributed by atoms with E-state index in [2.05, 4.69) is 21.4 Å². The van der Waals surface area contributed by atoms with Crippen LogP contribution in [0, 0.1) is 26.6 Å². The molecule has 1 aromatic carbocycles. The molecule has 0 fully saturated rings. The van der Waals surface area contributed by atoms with Crippen molar-refractivity contribution in [1.29, 1.82) is 0 Å². The van der Waals surface area contributed by atoms with Gasteiger partial charge in [-0.2, -0.15) is 0 Å². The predicted octanol–water partition coefficient (Wildman–Crippen LogP) is 3.85. The van der Waals surface area contributed by atoms with Gasteiger partial charge in [0.05, 0.1) is 6.04 Å². The first-order valence-corrected chi connectivity index (χ1v) is 7.20. The van der Waals surface area contributed by atoms with Crippen molar-refractivity contribution in [2.75, 3.05) is 0 Å². The topological polar surface area (TPSA) is 51.2 Å². The number of benzene rings is 1. The summed E-state index contributed by atoms with van der Waals surface area (Å²) in [7, 11) is 0. The summed E-state index contributed by atoms with van der Waals surface area (Å²) in [5.41, 5.74) is 5.80. The smallest absolute Gasteiger partial charge is 0.123 e. The van der Waals surface area contributed by atoms with Gasteiger partial charge in [-0.05, 0) is 56.5 Å². The highest BCUT2D eigenvalue weighted by Crippen LogP contribution is 2.30. The van der Waals surface area contributed by atoms with Crippen molar-refractivity contribution in [3.8, 4) is 0 Å². The Morgan fingerprint density at radius 3 is 2.55 bits per heavy atom. The van der Waals surface area contributed by atoms with Crippen LogP contribution in [-0.2, 0) is 6.42 Å². The average Bonchev–Trinajstić information content (AvgIpc) is 2.65. The van der Waals surface area contributed by atoms with Crippen LogP contribution < -0.4 is 11.3 Å². The molecule has 3 N–H and O–H groups in total. The number of furan rings is 1. The summed E-state index contributed by atoms with van der Waals surface area (Å²) in [5, 5.41) is 0. The minimum atomic E-state index is -0.254. The fourth-order valence-electron chi connectivity index (χ4n) is 2.49. The van der Waals surface area contributed by atoms with Crippen molar-refractivity contribution >= 4 is 15.9 Å². The molecule has 20 heavy (non-hydrogen) atoms. The molecular formula is C15H18BrFN2O. The lowest BCUT2D eigenvalue weighted by molar-refractivity contribution is 0.484. The molecule has 3 nitrogen and oxygen atoms in total. The van der Waals surface area contributed by atoms with E-state index >= 15 is 0 Å². The lowest BCUT2D eigenvalue weighted by Gasteiger charge is -2.17. The molecule has 1 heterocycles. The lowest BCUT2D eigenvalue weighted by atomic mass is 9.96. The molecule has 2 rings (SSSR count). The summed E-state index contributed by atoms with van der Waals surface area (Å²) >= 11 is 3.44. The normalized spacial score (nSPS) is 12.7. The molecule has 0 spiro atoms. The quantitative estimate of drug-likeness (QED) is 0.656. The monoisotopic (exact) mass is 340 g/mol. The Labute approximate surface area is 126 Å². The maximum Gasteiger partial charge on any atom is 0.123 e. The molecule has 108 valence electrons. The number of hydrazine groups is 1. The molecule has 0 saturated carbocycles. The van der Waals surface area contributed by atoms with Crippen molar-refractivity contribution in [2.24, 2.45) is 5.84 Å². The van der Waals surface area contributed by atoms with Crippen molar-refractivity contribution in [2.45, 2.75) is 33.2 Å². The zero-order valence-electron chi connectivity index (χ0n) is 11.8. The second kappa shape index (κ2) is 6.08. The molecule has 0 aliphatic rings. The number of hydrogen-bond donors (Lipinski definition) is 2. The van der Waals surface area contributed by atoms with Gasteiger partial charge in [0.25, 0.3) is 0 Å². The van der Waals surface area contributed by atoms with E-state index in [1.54, 1.807) is 6.07 Å². The largest absolute Gasteiger partial charge is 0.466 e. The van der Waals surface area contributed by atoms with E-state index in [9.17, 15) is 4.39 Å². The first kappa shape index (κ1) is 15.2. The van der Waals surface area contributed by atoms with Gasteiger partial charge >= 0.3 is 0 Å². The number of nitrogens with one attached hydrogen (secondary N) is 1. The molecule has 0 aliphatic heterocycles. The third-order valence-electron chi connectivity index (χ3n) is 3.60. The summed E-state index contributed by atoms with van der Waals surface area (Å²) in [6, 6.07) is 4.53. The Morgan fingerprint density at radius 1 is 1.30 bits per heavy atom. The fourth-order valence-corrected chi connectivity index (χ4v) is 2.89. The Morgan fingerprint density at radius 2 is 2.00 bits per heavy atom. The number of hydrogen-bond acceptors (Lipinski definition) is 3. The molecule has 1 aromatic heterocycles. The minimum absolute atomic E-state index is 0.120. The molecular weight excluding hydrogens is 323 g/mol. The molecule has 1 atom stereocenters. The Balaban J connectivity index is 2.36.